The van der Waals surface area contributed by atoms with Crippen LogP contribution in [0.4, 0.5) is 0 Å². The Morgan fingerprint density at radius 2 is 2.08 bits per heavy atom. The summed E-state index contributed by atoms with van der Waals surface area (Å²) in [5.41, 5.74) is 0. The lowest BCUT2D eigenvalue weighted by Gasteiger charge is -2.08. The van der Waals surface area contributed by atoms with E-state index >= 15 is 0 Å². The molecule has 0 fully saturated rings. The zero-order chi connectivity index (χ0) is 9.23. The average molecular weight is 174 g/mol. The second kappa shape index (κ2) is 8.53. The summed E-state index contributed by atoms with van der Waals surface area (Å²) in [6.07, 6.45) is 4.30. The van der Waals surface area contributed by atoms with Gasteiger partial charge in [-0.1, -0.05) is 19.8 Å². The van der Waals surface area contributed by atoms with Gasteiger partial charge in [0, 0.05) is 0 Å². The third-order valence-electron chi connectivity index (χ3n) is 1.76. The fourth-order valence-corrected chi connectivity index (χ4v) is 1.03. The van der Waals surface area contributed by atoms with Gasteiger partial charge in [-0.15, -0.1) is 0 Å². The monoisotopic (exact) mass is 174 g/mol. The highest BCUT2D eigenvalue weighted by Gasteiger charge is 2.02. The van der Waals surface area contributed by atoms with Crippen LogP contribution in [0.1, 0.15) is 39.0 Å². The molecule has 12 heavy (non-hydrogen) atoms. The number of hydrogen-bond acceptors (Lipinski definition) is 3. The molecule has 72 valence electrons. The van der Waals surface area contributed by atoms with Crippen LogP contribution < -0.4 is 0 Å². The van der Waals surface area contributed by atoms with E-state index in [1.165, 1.54) is 0 Å². The van der Waals surface area contributed by atoms with Gasteiger partial charge in [0.05, 0.1) is 12.7 Å². The maximum absolute atomic E-state index is 9.74. The Labute approximate surface area is 73.7 Å². The van der Waals surface area contributed by atoms with Gasteiger partial charge in [-0.25, -0.2) is 0 Å². The third-order valence-corrected chi connectivity index (χ3v) is 1.76. The predicted octanol–water partition coefficient (Wildman–Crippen LogP) is 1.49. The molecule has 0 saturated heterocycles. The van der Waals surface area contributed by atoms with Gasteiger partial charge in [0.15, 0.2) is 0 Å². The second-order valence-corrected chi connectivity index (χ2v) is 2.91. The van der Waals surface area contributed by atoms with Crippen molar-refractivity contribution >= 4 is 6.47 Å². The van der Waals surface area contributed by atoms with Crippen molar-refractivity contribution in [3.05, 3.63) is 0 Å². The minimum atomic E-state index is -0.222. The molecule has 0 radical (unpaired) electrons. The summed E-state index contributed by atoms with van der Waals surface area (Å²) in [6, 6.07) is 0. The maximum Gasteiger partial charge on any atom is 0.293 e. The second-order valence-electron chi connectivity index (χ2n) is 2.91. The Morgan fingerprint density at radius 1 is 1.42 bits per heavy atom. The summed E-state index contributed by atoms with van der Waals surface area (Å²) < 4.78 is 4.50. The molecule has 0 rings (SSSR count). The van der Waals surface area contributed by atoms with Gasteiger partial charge in [0.25, 0.3) is 6.47 Å². The van der Waals surface area contributed by atoms with E-state index < -0.39 is 0 Å². The van der Waals surface area contributed by atoms with E-state index in [-0.39, 0.29) is 6.10 Å². The quantitative estimate of drug-likeness (QED) is 0.448. The molecule has 1 atom stereocenters. The number of aliphatic hydroxyl groups excluding tert-OH is 1. The molecule has 1 unspecified atom stereocenters. The maximum atomic E-state index is 9.74. The first-order chi connectivity index (χ1) is 5.81. The number of rotatable bonds is 8. The first-order valence-corrected chi connectivity index (χ1v) is 4.54. The molecule has 0 aliphatic heterocycles. The zero-order valence-electron chi connectivity index (χ0n) is 7.66. The summed E-state index contributed by atoms with van der Waals surface area (Å²) in [5.74, 6) is 0. The SMILES string of the molecule is CCCCC(O)CCCOC=O. The Kier molecular flexibility index (Phi) is 8.12. The molecule has 0 aliphatic rings. The minimum absolute atomic E-state index is 0.222. The molecule has 0 spiro atoms. The summed E-state index contributed by atoms with van der Waals surface area (Å²) in [5, 5.41) is 9.34. The Bertz CT molecular complexity index is 104. The van der Waals surface area contributed by atoms with Crippen LogP contribution in [-0.2, 0) is 9.53 Å². The first-order valence-electron chi connectivity index (χ1n) is 4.54. The molecule has 3 nitrogen and oxygen atoms in total. The smallest absolute Gasteiger partial charge is 0.293 e. The van der Waals surface area contributed by atoms with Gasteiger partial charge in [-0.05, 0) is 19.3 Å². The molecule has 0 bridgehead atoms. The number of ether oxygens (including phenoxy) is 1. The summed E-state index contributed by atoms with van der Waals surface area (Å²) in [6.45, 7) is 2.97. The fourth-order valence-electron chi connectivity index (χ4n) is 1.03. The molecule has 0 aromatic carbocycles. The van der Waals surface area contributed by atoms with Crippen molar-refractivity contribution in [2.45, 2.75) is 45.1 Å². The van der Waals surface area contributed by atoms with E-state index in [0.29, 0.717) is 13.1 Å². The van der Waals surface area contributed by atoms with Crippen molar-refractivity contribution in [3.8, 4) is 0 Å². The van der Waals surface area contributed by atoms with Crippen LogP contribution in [0, 0.1) is 0 Å². The number of aliphatic hydroxyl groups is 1. The van der Waals surface area contributed by atoms with E-state index in [0.717, 1.165) is 32.1 Å². The number of carbonyl (C=O) groups is 1. The van der Waals surface area contributed by atoms with Crippen LogP contribution in [0.15, 0.2) is 0 Å². The predicted molar refractivity (Wildman–Crippen MR) is 46.8 cm³/mol. The van der Waals surface area contributed by atoms with Gasteiger partial charge in [0.2, 0.25) is 0 Å². The molecule has 0 amide bonds. The van der Waals surface area contributed by atoms with Crippen molar-refractivity contribution in [2.24, 2.45) is 0 Å². The van der Waals surface area contributed by atoms with Crippen LogP contribution in [0.2, 0.25) is 0 Å². The van der Waals surface area contributed by atoms with Crippen LogP contribution >= 0.6 is 0 Å². The Hall–Kier alpha value is -0.570. The van der Waals surface area contributed by atoms with Crippen molar-refractivity contribution < 1.29 is 14.6 Å². The lowest BCUT2D eigenvalue weighted by atomic mass is 10.1. The lowest BCUT2D eigenvalue weighted by Crippen LogP contribution is -2.07. The van der Waals surface area contributed by atoms with Crippen molar-refractivity contribution in [1.29, 1.82) is 0 Å². The average Bonchev–Trinajstić information content (AvgIpc) is 2.09. The fraction of sp³-hybridized carbons (Fsp3) is 0.889. The molecule has 0 aromatic heterocycles. The van der Waals surface area contributed by atoms with Crippen molar-refractivity contribution in [2.75, 3.05) is 6.61 Å². The zero-order valence-corrected chi connectivity index (χ0v) is 7.66. The van der Waals surface area contributed by atoms with Crippen LogP contribution in [0.25, 0.3) is 0 Å². The van der Waals surface area contributed by atoms with Gasteiger partial charge < -0.3 is 9.84 Å². The summed E-state index contributed by atoms with van der Waals surface area (Å²) >= 11 is 0. The molecule has 0 saturated carbocycles. The van der Waals surface area contributed by atoms with E-state index in [4.69, 9.17) is 0 Å². The Morgan fingerprint density at radius 3 is 2.67 bits per heavy atom. The largest absolute Gasteiger partial charge is 0.468 e. The highest BCUT2D eigenvalue weighted by atomic mass is 16.5. The summed E-state index contributed by atoms with van der Waals surface area (Å²) in [4.78, 5) is 9.74. The summed E-state index contributed by atoms with van der Waals surface area (Å²) in [7, 11) is 0. The lowest BCUT2D eigenvalue weighted by molar-refractivity contribution is -0.128. The van der Waals surface area contributed by atoms with Crippen LogP contribution in [0.5, 0.6) is 0 Å². The first kappa shape index (κ1) is 11.4. The van der Waals surface area contributed by atoms with Gasteiger partial charge >= 0.3 is 0 Å². The van der Waals surface area contributed by atoms with E-state index in [9.17, 15) is 9.90 Å². The molecule has 1 N–H and O–H groups in total. The van der Waals surface area contributed by atoms with Gasteiger partial charge in [-0.3, -0.25) is 4.79 Å². The standard InChI is InChI=1S/C9H18O3/c1-2-3-5-9(11)6-4-7-12-8-10/h8-9,11H,2-7H2,1H3. The van der Waals surface area contributed by atoms with E-state index in [1.807, 2.05) is 0 Å². The van der Waals surface area contributed by atoms with E-state index in [1.54, 1.807) is 0 Å². The number of unbranched alkanes of at least 4 members (excludes halogenated alkanes) is 1. The molecule has 0 heterocycles. The number of carbonyl (C=O) groups excluding carboxylic acids is 1. The normalized spacial score (nSPS) is 12.5. The highest BCUT2D eigenvalue weighted by Crippen LogP contribution is 2.06. The van der Waals surface area contributed by atoms with Crippen LogP contribution in [0.3, 0.4) is 0 Å². The van der Waals surface area contributed by atoms with Crippen LogP contribution in [-0.4, -0.2) is 24.3 Å². The van der Waals surface area contributed by atoms with Gasteiger partial charge in [0.1, 0.15) is 0 Å². The van der Waals surface area contributed by atoms with Crippen molar-refractivity contribution in [1.82, 2.24) is 0 Å². The topological polar surface area (TPSA) is 46.5 Å². The molecule has 0 aromatic rings. The molecule has 0 aliphatic carbocycles. The van der Waals surface area contributed by atoms with Crippen molar-refractivity contribution in [3.63, 3.8) is 0 Å². The minimum Gasteiger partial charge on any atom is -0.468 e. The van der Waals surface area contributed by atoms with E-state index in [2.05, 4.69) is 11.7 Å². The molecule has 3 heteroatoms. The number of hydrogen-bond donors (Lipinski definition) is 1. The van der Waals surface area contributed by atoms with Gasteiger partial charge in [-0.2, -0.15) is 0 Å². The molecular formula is C9H18O3. The Balaban J connectivity index is 3.07. The third kappa shape index (κ3) is 7.54. The molecular weight excluding hydrogens is 156 g/mol. The highest BCUT2D eigenvalue weighted by molar-refractivity contribution is 5.36.